The van der Waals surface area contributed by atoms with Gasteiger partial charge in [0.25, 0.3) is 0 Å². The molecule has 1 fully saturated rings. The molecule has 1 atom stereocenters. The highest BCUT2D eigenvalue weighted by Gasteiger charge is 2.40. The zero-order valence-corrected chi connectivity index (χ0v) is 16.7. The van der Waals surface area contributed by atoms with E-state index < -0.39 is 11.2 Å². The molecule has 0 aliphatic carbocycles. The van der Waals surface area contributed by atoms with E-state index in [1.54, 1.807) is 18.3 Å². The highest BCUT2D eigenvalue weighted by Crippen LogP contribution is 2.34. The number of hydrogen-bond donors (Lipinski definition) is 2. The summed E-state index contributed by atoms with van der Waals surface area (Å²) in [7, 11) is 3.91. The summed E-state index contributed by atoms with van der Waals surface area (Å²) in [5, 5.41) is 26.3. The fourth-order valence-corrected chi connectivity index (χ4v) is 3.75. The second kappa shape index (κ2) is 8.78. The number of benzene rings is 2. The maximum Gasteiger partial charge on any atom is 0.305 e. The molecule has 2 N–H and O–H groups in total. The third kappa shape index (κ3) is 4.94. The van der Waals surface area contributed by atoms with E-state index in [4.69, 9.17) is 5.11 Å². The normalized spacial score (nSPS) is 18.0. The molecule has 3 rings (SSSR count). The first-order valence-electron chi connectivity index (χ1n) is 8.75. The Balaban J connectivity index is 1.85. The summed E-state index contributed by atoms with van der Waals surface area (Å²) in [4.78, 5) is 27.1. The first-order valence-corrected chi connectivity index (χ1v) is 9.63. The maximum absolute atomic E-state index is 12.7. The van der Waals surface area contributed by atoms with E-state index >= 15 is 0 Å². The summed E-state index contributed by atoms with van der Waals surface area (Å²) in [6.07, 6.45) is 1.25. The Morgan fingerprint density at radius 1 is 1.17 bits per heavy atom. The van der Waals surface area contributed by atoms with Crippen LogP contribution in [0.5, 0.6) is 5.75 Å². The van der Waals surface area contributed by atoms with E-state index in [9.17, 15) is 14.7 Å². The van der Waals surface area contributed by atoms with Crippen LogP contribution in [0.3, 0.4) is 0 Å². The molecule has 150 valence electrons. The zero-order valence-electron chi connectivity index (χ0n) is 15.9. The summed E-state index contributed by atoms with van der Waals surface area (Å²) in [5.74, 6) is -1.38. The summed E-state index contributed by atoms with van der Waals surface area (Å²) >= 11 is 1.06. The fourth-order valence-electron chi connectivity index (χ4n) is 2.67. The predicted octanol–water partition coefficient (Wildman–Crippen LogP) is 2.77. The number of carboxylic acids is 1. The van der Waals surface area contributed by atoms with Crippen molar-refractivity contribution < 1.29 is 19.8 Å². The second-order valence-electron chi connectivity index (χ2n) is 6.51. The number of hydrogen-bond acceptors (Lipinski definition) is 7. The number of thioether (sulfide) groups is 1. The number of phenolic OH excluding ortho intramolecular Hbond substituents is 1. The van der Waals surface area contributed by atoms with Gasteiger partial charge in [-0.2, -0.15) is 5.10 Å². The van der Waals surface area contributed by atoms with Crippen molar-refractivity contribution in [2.45, 2.75) is 11.7 Å². The van der Waals surface area contributed by atoms with Gasteiger partial charge in [0, 0.05) is 19.8 Å². The molecular weight excluding hydrogens is 392 g/mol. The number of anilines is 2. The van der Waals surface area contributed by atoms with Crippen molar-refractivity contribution in [1.82, 2.24) is 0 Å². The van der Waals surface area contributed by atoms with Crippen LogP contribution in [0.4, 0.5) is 11.4 Å². The van der Waals surface area contributed by atoms with Crippen molar-refractivity contribution in [3.8, 4) is 5.75 Å². The van der Waals surface area contributed by atoms with E-state index in [0.717, 1.165) is 23.0 Å². The number of carbonyl (C=O) groups excluding carboxylic acids is 1. The lowest BCUT2D eigenvalue weighted by molar-refractivity contribution is -0.138. The third-order valence-corrected chi connectivity index (χ3v) is 5.29. The molecule has 1 saturated heterocycles. The lowest BCUT2D eigenvalue weighted by Crippen LogP contribution is -2.32. The van der Waals surface area contributed by atoms with Crippen LogP contribution in [0.1, 0.15) is 12.0 Å². The predicted molar refractivity (Wildman–Crippen MR) is 115 cm³/mol. The quantitative estimate of drug-likeness (QED) is 0.558. The molecule has 8 nitrogen and oxygen atoms in total. The average Bonchev–Trinajstić information content (AvgIpc) is 2.98. The van der Waals surface area contributed by atoms with Gasteiger partial charge in [0.15, 0.2) is 5.17 Å². The van der Waals surface area contributed by atoms with Gasteiger partial charge in [0.05, 0.1) is 18.3 Å². The third-order valence-electron chi connectivity index (χ3n) is 4.16. The van der Waals surface area contributed by atoms with Crippen LogP contribution in [0.25, 0.3) is 0 Å². The first kappa shape index (κ1) is 20.4. The number of carbonyl (C=O) groups is 2. The minimum absolute atomic E-state index is 0.0628. The van der Waals surface area contributed by atoms with Gasteiger partial charge in [-0.25, -0.2) is 0 Å². The molecule has 0 saturated carbocycles. The van der Waals surface area contributed by atoms with E-state index in [-0.39, 0.29) is 23.2 Å². The van der Waals surface area contributed by atoms with Crippen molar-refractivity contribution in [1.29, 1.82) is 0 Å². The van der Waals surface area contributed by atoms with Crippen molar-refractivity contribution in [2.75, 3.05) is 23.9 Å². The number of aromatic hydroxyl groups is 1. The van der Waals surface area contributed by atoms with Gasteiger partial charge in [-0.1, -0.05) is 23.9 Å². The number of aliphatic carboxylic acids is 1. The van der Waals surface area contributed by atoms with Crippen LogP contribution < -0.4 is 9.80 Å². The van der Waals surface area contributed by atoms with Gasteiger partial charge in [-0.3, -0.25) is 14.5 Å². The molecular formula is C20H20N4O4S. The number of nitrogens with zero attached hydrogens (tertiary/aromatic N) is 4. The summed E-state index contributed by atoms with van der Waals surface area (Å²) < 4.78 is 0. The first-order chi connectivity index (χ1) is 13.8. The molecule has 29 heavy (non-hydrogen) atoms. The molecule has 9 heteroatoms. The number of rotatable bonds is 6. The molecule has 0 radical (unpaired) electrons. The average molecular weight is 412 g/mol. The maximum atomic E-state index is 12.7. The lowest BCUT2D eigenvalue weighted by Gasteiger charge is -2.15. The Hall–Kier alpha value is -3.33. The Bertz CT molecular complexity index is 955. The summed E-state index contributed by atoms with van der Waals surface area (Å²) in [6.45, 7) is 0. The molecule has 1 amide bonds. The van der Waals surface area contributed by atoms with Crippen LogP contribution in [-0.4, -0.2) is 52.8 Å². The SMILES string of the molecule is CN(C)c1ccc(/C=N/N=C2/SC(CC(=O)O)C(=O)N2c2ccc(O)cc2)cc1. The lowest BCUT2D eigenvalue weighted by atomic mass is 10.2. The van der Waals surface area contributed by atoms with E-state index in [2.05, 4.69) is 10.2 Å². The van der Waals surface area contributed by atoms with E-state index in [1.165, 1.54) is 17.0 Å². The van der Waals surface area contributed by atoms with Crippen molar-refractivity contribution in [2.24, 2.45) is 10.2 Å². The fraction of sp³-hybridized carbons (Fsp3) is 0.200. The number of phenols is 1. The second-order valence-corrected chi connectivity index (χ2v) is 7.68. The van der Waals surface area contributed by atoms with Crippen LogP contribution in [0, 0.1) is 0 Å². The largest absolute Gasteiger partial charge is 0.508 e. The highest BCUT2D eigenvalue weighted by molar-refractivity contribution is 8.16. The van der Waals surface area contributed by atoms with Crippen LogP contribution in [-0.2, 0) is 9.59 Å². The number of amides is 1. The Morgan fingerprint density at radius 2 is 1.83 bits per heavy atom. The minimum Gasteiger partial charge on any atom is -0.508 e. The molecule has 1 aliphatic rings. The molecule has 2 aromatic carbocycles. The topological polar surface area (TPSA) is 106 Å². The smallest absolute Gasteiger partial charge is 0.305 e. The van der Waals surface area contributed by atoms with E-state index in [1.807, 2.05) is 43.3 Å². The number of carboxylic acid groups (broad SMARTS) is 1. The van der Waals surface area contributed by atoms with Gasteiger partial charge in [0.1, 0.15) is 11.0 Å². The minimum atomic E-state index is -1.06. The summed E-state index contributed by atoms with van der Waals surface area (Å²) in [6, 6.07) is 13.7. The Labute approximate surface area is 172 Å². The molecule has 1 unspecified atom stereocenters. The summed E-state index contributed by atoms with van der Waals surface area (Å²) in [5.41, 5.74) is 2.38. The van der Waals surface area contributed by atoms with Gasteiger partial charge in [-0.15, -0.1) is 5.10 Å². The van der Waals surface area contributed by atoms with Gasteiger partial charge in [0.2, 0.25) is 5.91 Å². The molecule has 1 heterocycles. The van der Waals surface area contributed by atoms with Crippen LogP contribution >= 0.6 is 11.8 Å². The van der Waals surface area contributed by atoms with Crippen LogP contribution in [0.15, 0.2) is 58.7 Å². The number of amidine groups is 1. The molecule has 0 spiro atoms. The zero-order chi connectivity index (χ0) is 21.0. The van der Waals surface area contributed by atoms with Crippen molar-refractivity contribution >= 4 is 46.4 Å². The van der Waals surface area contributed by atoms with Crippen LogP contribution in [0.2, 0.25) is 0 Å². The molecule has 0 aromatic heterocycles. The van der Waals surface area contributed by atoms with Gasteiger partial charge in [-0.05, 0) is 42.0 Å². The Kier molecular flexibility index (Phi) is 6.18. The molecule has 0 bridgehead atoms. The van der Waals surface area contributed by atoms with Gasteiger partial charge < -0.3 is 15.1 Å². The van der Waals surface area contributed by atoms with E-state index in [0.29, 0.717) is 5.69 Å². The van der Waals surface area contributed by atoms with Crippen molar-refractivity contribution in [3.05, 3.63) is 54.1 Å². The standard InChI is InChI=1S/C20H20N4O4S/c1-23(2)14-5-3-13(4-6-14)12-21-22-20-24(15-7-9-16(25)10-8-15)19(28)17(29-20)11-18(26)27/h3-10,12,17,25H,11H2,1-2H3,(H,26,27)/b21-12+,22-20+. The molecule has 2 aromatic rings. The monoisotopic (exact) mass is 412 g/mol. The van der Waals surface area contributed by atoms with Gasteiger partial charge >= 0.3 is 5.97 Å². The highest BCUT2D eigenvalue weighted by atomic mass is 32.2. The Morgan fingerprint density at radius 3 is 2.41 bits per heavy atom. The van der Waals surface area contributed by atoms with Crippen molar-refractivity contribution in [3.63, 3.8) is 0 Å². The molecule has 1 aliphatic heterocycles.